The second-order valence-electron chi connectivity index (χ2n) is 3.87. The summed E-state index contributed by atoms with van der Waals surface area (Å²) >= 11 is 0. The lowest BCUT2D eigenvalue weighted by Gasteiger charge is -2.08. The van der Waals surface area contributed by atoms with Crippen LogP contribution in [0.2, 0.25) is 0 Å². The van der Waals surface area contributed by atoms with E-state index in [9.17, 15) is 0 Å². The molecule has 2 aromatic heterocycles. The van der Waals surface area contributed by atoms with Crippen molar-refractivity contribution in [3.63, 3.8) is 0 Å². The van der Waals surface area contributed by atoms with Gasteiger partial charge in [-0.3, -0.25) is 4.68 Å². The minimum atomic E-state index is 0.444. The Morgan fingerprint density at radius 2 is 2.38 bits per heavy atom. The fourth-order valence-electron chi connectivity index (χ4n) is 1.46. The molecule has 0 aliphatic rings. The average Bonchev–Trinajstić information content (AvgIpc) is 2.96. The zero-order valence-corrected chi connectivity index (χ0v) is 9.68. The minimum Gasteiger partial charge on any atom is -0.467 e. The second-order valence-corrected chi connectivity index (χ2v) is 3.87. The Hall–Kier alpha value is -1.71. The summed E-state index contributed by atoms with van der Waals surface area (Å²) in [4.78, 5) is 0. The fraction of sp³-hybridized carbons (Fsp3) is 0.417. The SMILES string of the molecule is CCC(C)n1ccc(NCc2ccco2)n1. The molecule has 2 aromatic rings. The van der Waals surface area contributed by atoms with E-state index in [1.807, 2.05) is 29.1 Å². The topological polar surface area (TPSA) is 43.0 Å². The number of nitrogens with zero attached hydrogens (tertiary/aromatic N) is 2. The van der Waals surface area contributed by atoms with Crippen LogP contribution in [0, 0.1) is 0 Å². The normalized spacial score (nSPS) is 12.6. The molecule has 0 bridgehead atoms. The van der Waals surface area contributed by atoms with Gasteiger partial charge in [0.25, 0.3) is 0 Å². The molecule has 4 heteroatoms. The highest BCUT2D eigenvalue weighted by Gasteiger charge is 2.04. The molecule has 4 nitrogen and oxygen atoms in total. The third kappa shape index (κ3) is 2.45. The first-order chi connectivity index (χ1) is 7.79. The Kier molecular flexibility index (Phi) is 3.29. The van der Waals surface area contributed by atoms with Gasteiger partial charge in [-0.2, -0.15) is 5.10 Å². The maximum atomic E-state index is 5.23. The molecule has 0 radical (unpaired) electrons. The summed E-state index contributed by atoms with van der Waals surface area (Å²) in [6.45, 7) is 4.98. The number of anilines is 1. The van der Waals surface area contributed by atoms with Crippen LogP contribution >= 0.6 is 0 Å². The minimum absolute atomic E-state index is 0.444. The Balaban J connectivity index is 1.93. The van der Waals surface area contributed by atoms with Gasteiger partial charge >= 0.3 is 0 Å². The second kappa shape index (κ2) is 4.88. The van der Waals surface area contributed by atoms with Gasteiger partial charge in [0.1, 0.15) is 11.6 Å². The Morgan fingerprint density at radius 1 is 1.50 bits per heavy atom. The van der Waals surface area contributed by atoms with Gasteiger partial charge in [0, 0.05) is 18.3 Å². The van der Waals surface area contributed by atoms with Crippen LogP contribution in [-0.4, -0.2) is 9.78 Å². The molecule has 0 saturated heterocycles. The van der Waals surface area contributed by atoms with Crippen molar-refractivity contribution in [1.82, 2.24) is 9.78 Å². The van der Waals surface area contributed by atoms with Crippen LogP contribution in [0.25, 0.3) is 0 Å². The first kappa shape index (κ1) is 10.8. The largest absolute Gasteiger partial charge is 0.467 e. The van der Waals surface area contributed by atoms with Gasteiger partial charge in [-0.15, -0.1) is 0 Å². The average molecular weight is 219 g/mol. The maximum absolute atomic E-state index is 5.23. The Bertz CT molecular complexity index is 419. The summed E-state index contributed by atoms with van der Waals surface area (Å²) in [5.41, 5.74) is 0. The van der Waals surface area contributed by atoms with E-state index in [2.05, 4.69) is 24.3 Å². The van der Waals surface area contributed by atoms with Crippen molar-refractivity contribution < 1.29 is 4.42 Å². The molecule has 16 heavy (non-hydrogen) atoms. The summed E-state index contributed by atoms with van der Waals surface area (Å²) in [6.07, 6.45) is 4.76. The molecule has 0 aliphatic heterocycles. The van der Waals surface area contributed by atoms with Gasteiger partial charge in [-0.25, -0.2) is 0 Å². The lowest BCUT2D eigenvalue weighted by Crippen LogP contribution is -2.05. The third-order valence-corrected chi connectivity index (χ3v) is 2.67. The fourth-order valence-corrected chi connectivity index (χ4v) is 1.46. The number of hydrogen-bond acceptors (Lipinski definition) is 3. The van der Waals surface area contributed by atoms with E-state index >= 15 is 0 Å². The van der Waals surface area contributed by atoms with Crippen molar-refractivity contribution in [2.24, 2.45) is 0 Å². The molecule has 0 saturated carbocycles. The molecule has 1 unspecified atom stereocenters. The highest BCUT2D eigenvalue weighted by atomic mass is 16.3. The number of nitrogens with one attached hydrogen (secondary N) is 1. The zero-order chi connectivity index (χ0) is 11.4. The lowest BCUT2D eigenvalue weighted by molar-refractivity contribution is 0.478. The summed E-state index contributed by atoms with van der Waals surface area (Å²) in [5, 5.41) is 7.67. The number of hydrogen-bond donors (Lipinski definition) is 1. The molecule has 0 aromatic carbocycles. The molecule has 1 N–H and O–H groups in total. The van der Waals surface area contributed by atoms with Gasteiger partial charge in [0.05, 0.1) is 12.8 Å². The van der Waals surface area contributed by atoms with Crippen molar-refractivity contribution in [2.45, 2.75) is 32.9 Å². The molecule has 86 valence electrons. The molecule has 1 atom stereocenters. The molecular weight excluding hydrogens is 202 g/mol. The highest BCUT2D eigenvalue weighted by Crippen LogP contribution is 2.12. The quantitative estimate of drug-likeness (QED) is 0.840. The van der Waals surface area contributed by atoms with E-state index in [-0.39, 0.29) is 0 Å². The summed E-state index contributed by atoms with van der Waals surface area (Å²) in [7, 11) is 0. The molecule has 0 spiro atoms. The monoisotopic (exact) mass is 219 g/mol. The van der Waals surface area contributed by atoms with Crippen LogP contribution in [0.5, 0.6) is 0 Å². The number of aromatic nitrogens is 2. The van der Waals surface area contributed by atoms with Gasteiger partial charge in [-0.1, -0.05) is 6.92 Å². The lowest BCUT2D eigenvalue weighted by atomic mass is 10.3. The van der Waals surface area contributed by atoms with Crippen LogP contribution in [0.3, 0.4) is 0 Å². The third-order valence-electron chi connectivity index (χ3n) is 2.67. The molecule has 2 rings (SSSR count). The van der Waals surface area contributed by atoms with Gasteiger partial charge < -0.3 is 9.73 Å². The van der Waals surface area contributed by atoms with Crippen molar-refractivity contribution in [2.75, 3.05) is 5.32 Å². The maximum Gasteiger partial charge on any atom is 0.148 e. The van der Waals surface area contributed by atoms with Crippen LogP contribution in [0.15, 0.2) is 35.1 Å². The van der Waals surface area contributed by atoms with E-state index < -0.39 is 0 Å². The summed E-state index contributed by atoms with van der Waals surface area (Å²) in [5.74, 6) is 1.80. The summed E-state index contributed by atoms with van der Waals surface area (Å²) in [6, 6.07) is 6.25. The molecule has 2 heterocycles. The molecular formula is C12H17N3O. The number of furan rings is 1. The van der Waals surface area contributed by atoms with Crippen molar-refractivity contribution >= 4 is 5.82 Å². The van der Waals surface area contributed by atoms with E-state index in [0.29, 0.717) is 12.6 Å². The van der Waals surface area contributed by atoms with Crippen LogP contribution < -0.4 is 5.32 Å². The standard InChI is InChI=1S/C12H17N3O/c1-3-10(2)15-7-6-12(14-15)13-9-11-5-4-8-16-11/h4-8,10H,3,9H2,1-2H3,(H,13,14). The van der Waals surface area contributed by atoms with Crippen LogP contribution in [0.1, 0.15) is 32.1 Å². The Labute approximate surface area is 95.3 Å². The predicted octanol–water partition coefficient (Wildman–Crippen LogP) is 3.06. The van der Waals surface area contributed by atoms with E-state index in [4.69, 9.17) is 4.42 Å². The van der Waals surface area contributed by atoms with Crippen molar-refractivity contribution in [1.29, 1.82) is 0 Å². The first-order valence-electron chi connectivity index (χ1n) is 5.61. The van der Waals surface area contributed by atoms with Crippen LogP contribution in [0.4, 0.5) is 5.82 Å². The van der Waals surface area contributed by atoms with E-state index in [0.717, 1.165) is 18.0 Å². The number of rotatable bonds is 5. The highest BCUT2D eigenvalue weighted by molar-refractivity contribution is 5.32. The molecule has 0 aliphatic carbocycles. The van der Waals surface area contributed by atoms with Gasteiger partial charge in [0.15, 0.2) is 0 Å². The van der Waals surface area contributed by atoms with Crippen molar-refractivity contribution in [3.8, 4) is 0 Å². The van der Waals surface area contributed by atoms with Crippen LogP contribution in [-0.2, 0) is 6.54 Å². The van der Waals surface area contributed by atoms with E-state index in [1.54, 1.807) is 6.26 Å². The summed E-state index contributed by atoms with van der Waals surface area (Å²) < 4.78 is 7.21. The van der Waals surface area contributed by atoms with E-state index in [1.165, 1.54) is 0 Å². The van der Waals surface area contributed by atoms with Crippen molar-refractivity contribution in [3.05, 3.63) is 36.4 Å². The van der Waals surface area contributed by atoms with Gasteiger partial charge in [0.2, 0.25) is 0 Å². The molecule has 0 amide bonds. The smallest absolute Gasteiger partial charge is 0.148 e. The predicted molar refractivity (Wildman–Crippen MR) is 63.3 cm³/mol. The Morgan fingerprint density at radius 3 is 3.06 bits per heavy atom. The first-order valence-corrected chi connectivity index (χ1v) is 5.61. The molecule has 0 fully saturated rings. The van der Waals surface area contributed by atoms with Gasteiger partial charge in [-0.05, 0) is 25.5 Å². The zero-order valence-electron chi connectivity index (χ0n) is 9.68.